The Labute approximate surface area is 74.2 Å². The van der Waals surface area contributed by atoms with E-state index in [-0.39, 0.29) is 0 Å². The van der Waals surface area contributed by atoms with Crippen molar-refractivity contribution in [2.75, 3.05) is 0 Å². The van der Waals surface area contributed by atoms with Crippen LogP contribution < -0.4 is 5.73 Å². The van der Waals surface area contributed by atoms with E-state index in [1.165, 1.54) is 0 Å². The zero-order valence-electron chi connectivity index (χ0n) is 7.03. The minimum atomic E-state index is -1.27. The maximum absolute atomic E-state index is 10.3. The Balaban J connectivity index is 2.83. The quantitative estimate of drug-likeness (QED) is 0.558. The van der Waals surface area contributed by atoms with Gasteiger partial charge in [-0.25, -0.2) is 0 Å². The maximum Gasteiger partial charge on any atom is 0.150 e. The molecule has 0 spiro atoms. The second-order valence-corrected chi connectivity index (χ2v) is 2.99. The van der Waals surface area contributed by atoms with Crippen LogP contribution in [0.3, 0.4) is 0 Å². The second kappa shape index (κ2) is 3.86. The van der Waals surface area contributed by atoms with Crippen molar-refractivity contribution in [3.8, 4) is 0 Å². The van der Waals surface area contributed by atoms with Crippen molar-refractivity contribution in [3.05, 3.63) is 9.81 Å². The van der Waals surface area contributed by atoms with Gasteiger partial charge in [0.2, 0.25) is 0 Å². The van der Waals surface area contributed by atoms with Crippen molar-refractivity contribution in [1.82, 2.24) is 0 Å². The van der Waals surface area contributed by atoms with E-state index in [0.717, 1.165) is 0 Å². The van der Waals surface area contributed by atoms with E-state index in [9.17, 15) is 14.9 Å². The molecule has 0 amide bonds. The average molecular weight is 189 g/mol. The lowest BCUT2D eigenvalue weighted by molar-refractivity contribution is -0.125. The van der Waals surface area contributed by atoms with Crippen LogP contribution in [0.25, 0.3) is 0 Å². The van der Waals surface area contributed by atoms with Gasteiger partial charge in [-0.2, -0.15) is 9.81 Å². The Hall–Kier alpha value is -0.920. The fraction of sp³-hybridized carbons (Fsp3) is 1.00. The van der Waals surface area contributed by atoms with Crippen LogP contribution >= 0.6 is 0 Å². The molecule has 1 saturated heterocycles. The van der Waals surface area contributed by atoms with Crippen LogP contribution in [0.4, 0.5) is 0 Å². The van der Waals surface area contributed by atoms with Gasteiger partial charge in [0.15, 0.2) is 0 Å². The van der Waals surface area contributed by atoms with Crippen molar-refractivity contribution in [2.45, 2.75) is 37.4 Å². The van der Waals surface area contributed by atoms with Crippen LogP contribution in [0.5, 0.6) is 0 Å². The molecule has 0 bridgehead atoms. The Kier molecular flexibility index (Phi) is 3.02. The lowest BCUT2D eigenvalue weighted by Crippen LogP contribution is -2.58. The molecule has 1 heterocycles. The number of nitrogens with two attached hydrogens (primary N) is 1. The molecule has 0 aromatic rings. The Bertz CT molecular complexity index is 212. The van der Waals surface area contributed by atoms with Gasteiger partial charge in [0.1, 0.15) is 24.4 Å². The Morgan fingerprint density at radius 2 is 1.85 bits per heavy atom. The summed E-state index contributed by atoms with van der Waals surface area (Å²) in [6.45, 7) is 1.55. The molecule has 1 rings (SSSR count). The van der Waals surface area contributed by atoms with Gasteiger partial charge < -0.3 is 15.6 Å². The molecule has 3 N–H and O–H groups in total. The predicted molar refractivity (Wildman–Crippen MR) is 43.7 cm³/mol. The fourth-order valence-electron chi connectivity index (χ4n) is 1.36. The molecule has 1 aliphatic heterocycles. The Morgan fingerprint density at radius 1 is 1.31 bits per heavy atom. The first-order valence-electron chi connectivity index (χ1n) is 3.86. The lowest BCUT2D eigenvalue weighted by Gasteiger charge is -2.35. The van der Waals surface area contributed by atoms with Crippen molar-refractivity contribution < 1.29 is 9.84 Å². The molecule has 5 atom stereocenters. The SMILES string of the molecule is CC1OC(N)C(O)C(N=O)C1N=O. The highest BCUT2D eigenvalue weighted by Crippen LogP contribution is 2.23. The van der Waals surface area contributed by atoms with Gasteiger partial charge in [0.25, 0.3) is 0 Å². The first-order chi connectivity index (χ1) is 6.11. The predicted octanol–water partition coefficient (Wildman–Crippen LogP) is -0.679. The molecular weight excluding hydrogens is 178 g/mol. The molecule has 7 nitrogen and oxygen atoms in total. The monoisotopic (exact) mass is 189 g/mol. The third-order valence-corrected chi connectivity index (χ3v) is 2.13. The van der Waals surface area contributed by atoms with Crippen molar-refractivity contribution in [3.63, 3.8) is 0 Å². The highest BCUT2D eigenvalue weighted by Gasteiger charge is 2.44. The largest absolute Gasteiger partial charge is 0.387 e. The zero-order valence-corrected chi connectivity index (χ0v) is 7.03. The number of aliphatic hydroxyl groups excluding tert-OH is 1. The molecule has 7 heteroatoms. The van der Waals surface area contributed by atoms with Crippen molar-refractivity contribution >= 4 is 0 Å². The molecule has 0 aromatic heterocycles. The van der Waals surface area contributed by atoms with Gasteiger partial charge in [-0.05, 0) is 6.92 Å². The summed E-state index contributed by atoms with van der Waals surface area (Å²) in [5, 5.41) is 14.6. The van der Waals surface area contributed by atoms with Gasteiger partial charge >= 0.3 is 0 Å². The average Bonchev–Trinajstić information content (AvgIpc) is 2.10. The first kappa shape index (κ1) is 10.2. The van der Waals surface area contributed by atoms with Crippen LogP contribution in [0.1, 0.15) is 6.92 Å². The van der Waals surface area contributed by atoms with E-state index in [2.05, 4.69) is 10.4 Å². The van der Waals surface area contributed by atoms with E-state index in [4.69, 9.17) is 10.5 Å². The third-order valence-electron chi connectivity index (χ3n) is 2.13. The van der Waals surface area contributed by atoms with Crippen LogP contribution in [0.2, 0.25) is 0 Å². The minimum Gasteiger partial charge on any atom is -0.387 e. The van der Waals surface area contributed by atoms with Crippen molar-refractivity contribution in [1.29, 1.82) is 0 Å². The van der Waals surface area contributed by atoms with Crippen LogP contribution in [-0.2, 0) is 4.74 Å². The van der Waals surface area contributed by atoms with Crippen LogP contribution in [0.15, 0.2) is 10.4 Å². The standard InChI is InChI=1S/C6H11N3O4/c1-2-3(8-11)4(9-12)5(10)6(7)13-2/h2-6,10H,7H2,1H3. The number of nitrogens with zero attached hydrogens (tertiary/aromatic N) is 2. The summed E-state index contributed by atoms with van der Waals surface area (Å²) in [7, 11) is 0. The number of nitroso groups, excluding NO2 is 2. The van der Waals surface area contributed by atoms with E-state index in [1.54, 1.807) is 6.92 Å². The van der Waals surface area contributed by atoms with Gasteiger partial charge in [-0.3, -0.25) is 0 Å². The van der Waals surface area contributed by atoms with Crippen LogP contribution in [-0.4, -0.2) is 35.6 Å². The van der Waals surface area contributed by atoms with Crippen molar-refractivity contribution in [2.24, 2.45) is 16.1 Å². The molecule has 0 radical (unpaired) electrons. The van der Waals surface area contributed by atoms with Gasteiger partial charge in [-0.15, -0.1) is 0 Å². The fourth-order valence-corrected chi connectivity index (χ4v) is 1.36. The number of aliphatic hydroxyl groups is 1. The minimum absolute atomic E-state index is 0.599. The third kappa shape index (κ3) is 1.71. The maximum atomic E-state index is 10.3. The van der Waals surface area contributed by atoms with E-state index < -0.39 is 30.5 Å². The van der Waals surface area contributed by atoms with E-state index in [1.807, 2.05) is 0 Å². The number of hydrogen-bond donors (Lipinski definition) is 2. The molecule has 0 aromatic carbocycles. The van der Waals surface area contributed by atoms with E-state index in [0.29, 0.717) is 0 Å². The van der Waals surface area contributed by atoms with Gasteiger partial charge in [0.05, 0.1) is 6.10 Å². The Morgan fingerprint density at radius 3 is 2.31 bits per heavy atom. The molecule has 0 aliphatic carbocycles. The first-order valence-corrected chi connectivity index (χ1v) is 3.86. The molecule has 5 unspecified atom stereocenters. The summed E-state index contributed by atoms with van der Waals surface area (Å²) in [6, 6.07) is -2.08. The highest BCUT2D eigenvalue weighted by molar-refractivity contribution is 4.97. The summed E-state index contributed by atoms with van der Waals surface area (Å²) in [6.07, 6.45) is -2.86. The summed E-state index contributed by atoms with van der Waals surface area (Å²) < 4.78 is 4.97. The molecule has 1 aliphatic rings. The topological polar surface area (TPSA) is 114 Å². The summed E-state index contributed by atoms with van der Waals surface area (Å²) in [5.41, 5.74) is 5.34. The van der Waals surface area contributed by atoms with E-state index >= 15 is 0 Å². The lowest BCUT2D eigenvalue weighted by atomic mass is 9.95. The molecule has 0 saturated carbocycles. The summed E-state index contributed by atoms with van der Waals surface area (Å²) >= 11 is 0. The number of rotatable bonds is 2. The zero-order chi connectivity index (χ0) is 10.0. The molecule has 1 fully saturated rings. The van der Waals surface area contributed by atoms with Crippen LogP contribution in [0, 0.1) is 9.81 Å². The van der Waals surface area contributed by atoms with Gasteiger partial charge in [-0.1, -0.05) is 10.4 Å². The molecule has 74 valence electrons. The smallest absolute Gasteiger partial charge is 0.150 e. The summed E-state index contributed by atoms with van der Waals surface area (Å²) in [5.74, 6) is 0. The molecular formula is C6H11N3O4. The second-order valence-electron chi connectivity index (χ2n) is 2.99. The van der Waals surface area contributed by atoms with Gasteiger partial charge in [0, 0.05) is 0 Å². The normalized spacial score (nSPS) is 45.6. The highest BCUT2D eigenvalue weighted by atomic mass is 16.5. The number of hydrogen-bond acceptors (Lipinski definition) is 7. The summed E-state index contributed by atoms with van der Waals surface area (Å²) in [4.78, 5) is 20.6. The molecule has 13 heavy (non-hydrogen) atoms. The number of ether oxygens (including phenoxy) is 1.